The van der Waals surface area contributed by atoms with Gasteiger partial charge < -0.3 is 4.74 Å². The molecule has 0 bridgehead atoms. The Morgan fingerprint density at radius 3 is 2.86 bits per heavy atom. The van der Waals surface area contributed by atoms with Crippen LogP contribution in [0.25, 0.3) is 0 Å². The summed E-state index contributed by atoms with van der Waals surface area (Å²) in [5, 5.41) is 9.43. The minimum absolute atomic E-state index is 0.185. The summed E-state index contributed by atoms with van der Waals surface area (Å²) in [6, 6.07) is 7.75. The Labute approximate surface area is 124 Å². The van der Waals surface area contributed by atoms with E-state index in [1.54, 1.807) is 19.1 Å². The van der Waals surface area contributed by atoms with Gasteiger partial charge in [0, 0.05) is 6.54 Å². The lowest BCUT2D eigenvalue weighted by atomic mass is 9.95. The molecule has 0 radical (unpaired) electrons. The second-order valence-corrected chi connectivity index (χ2v) is 5.17. The molecule has 0 amide bonds. The highest BCUT2D eigenvalue weighted by Gasteiger charge is 2.31. The zero-order chi connectivity index (χ0) is 15.2. The summed E-state index contributed by atoms with van der Waals surface area (Å²) in [5.41, 5.74) is 0.753. The number of halogens is 1. The lowest BCUT2D eigenvalue weighted by molar-refractivity contribution is -0.150. The molecule has 2 unspecified atom stereocenters. The average Bonchev–Trinajstić information content (AvgIpc) is 2.50. The first-order valence-electron chi connectivity index (χ1n) is 7.21. The number of hydrogen-bond donors (Lipinski definition) is 0. The smallest absolute Gasteiger partial charge is 0.310 e. The number of carbonyl (C=O) groups is 1. The van der Waals surface area contributed by atoms with Gasteiger partial charge in [-0.25, -0.2) is 4.39 Å². The third-order valence-corrected chi connectivity index (χ3v) is 3.75. The summed E-state index contributed by atoms with van der Waals surface area (Å²) in [4.78, 5) is 13.8. The van der Waals surface area contributed by atoms with Crippen molar-refractivity contribution in [1.82, 2.24) is 4.90 Å². The first kappa shape index (κ1) is 15.5. The van der Waals surface area contributed by atoms with Gasteiger partial charge >= 0.3 is 5.97 Å². The highest BCUT2D eigenvalue weighted by molar-refractivity contribution is 5.72. The van der Waals surface area contributed by atoms with Crippen LogP contribution in [0.1, 0.15) is 31.4 Å². The van der Waals surface area contributed by atoms with Crippen LogP contribution in [0.5, 0.6) is 0 Å². The Kier molecular flexibility index (Phi) is 5.29. The van der Waals surface area contributed by atoms with Crippen LogP contribution in [0.4, 0.5) is 4.39 Å². The molecule has 1 fully saturated rings. The molecule has 0 saturated carbocycles. The summed E-state index contributed by atoms with van der Waals surface area (Å²) >= 11 is 0. The summed E-state index contributed by atoms with van der Waals surface area (Å²) < 4.78 is 18.1. The van der Waals surface area contributed by atoms with Crippen LogP contribution in [0.15, 0.2) is 24.3 Å². The Bertz CT molecular complexity index is 524. The first-order valence-corrected chi connectivity index (χ1v) is 7.21. The maximum Gasteiger partial charge on any atom is 0.310 e. The van der Waals surface area contributed by atoms with E-state index in [4.69, 9.17) is 4.74 Å². The van der Waals surface area contributed by atoms with E-state index in [-0.39, 0.29) is 17.7 Å². The molecule has 21 heavy (non-hydrogen) atoms. The van der Waals surface area contributed by atoms with Crippen LogP contribution in [-0.4, -0.2) is 30.6 Å². The molecule has 1 saturated heterocycles. The van der Waals surface area contributed by atoms with E-state index >= 15 is 0 Å². The molecule has 112 valence electrons. The van der Waals surface area contributed by atoms with Crippen LogP contribution < -0.4 is 0 Å². The van der Waals surface area contributed by atoms with Gasteiger partial charge in [-0.1, -0.05) is 12.1 Å². The molecule has 0 aliphatic carbocycles. The van der Waals surface area contributed by atoms with Crippen molar-refractivity contribution in [3.05, 3.63) is 35.6 Å². The lowest BCUT2D eigenvalue weighted by Gasteiger charge is -2.34. The topological polar surface area (TPSA) is 53.3 Å². The number of hydrogen-bond acceptors (Lipinski definition) is 4. The molecule has 1 aliphatic heterocycles. The van der Waals surface area contributed by atoms with Gasteiger partial charge in [0.25, 0.3) is 0 Å². The number of nitrogens with zero attached hydrogens (tertiary/aromatic N) is 2. The molecule has 2 atom stereocenters. The predicted octanol–water partition coefficient (Wildman–Crippen LogP) is 2.67. The number of piperidine rings is 1. The lowest BCUT2D eigenvalue weighted by Crippen LogP contribution is -2.41. The van der Waals surface area contributed by atoms with Crippen molar-refractivity contribution in [2.45, 2.75) is 25.8 Å². The molecular weight excluding hydrogens is 271 g/mol. The molecule has 4 nitrogen and oxygen atoms in total. The molecule has 2 rings (SSSR count). The molecule has 1 aliphatic rings. The molecule has 0 N–H and O–H groups in total. The predicted molar refractivity (Wildman–Crippen MR) is 75.7 cm³/mol. The molecular formula is C16H19FN2O2. The van der Waals surface area contributed by atoms with Gasteiger partial charge in [-0.2, -0.15) is 5.26 Å². The normalized spacial score (nSPS) is 20.5. The van der Waals surface area contributed by atoms with E-state index in [1.165, 1.54) is 12.1 Å². The van der Waals surface area contributed by atoms with Gasteiger partial charge in [0.15, 0.2) is 0 Å². The minimum atomic E-state index is -0.456. The number of esters is 1. The van der Waals surface area contributed by atoms with Crippen molar-refractivity contribution in [3.8, 4) is 6.07 Å². The number of carbonyl (C=O) groups excluding carboxylic acids is 1. The SMILES string of the molecule is CCOC(=O)C1CCCN(C(C#N)c2ccc(F)cc2)C1. The van der Waals surface area contributed by atoms with Crippen molar-refractivity contribution < 1.29 is 13.9 Å². The first-order chi connectivity index (χ1) is 10.2. The molecule has 1 heterocycles. The van der Waals surface area contributed by atoms with E-state index in [1.807, 2.05) is 4.90 Å². The van der Waals surface area contributed by atoms with Crippen LogP contribution in [0, 0.1) is 23.1 Å². The summed E-state index contributed by atoms with van der Waals surface area (Å²) in [6.45, 7) is 3.42. The molecule has 5 heteroatoms. The highest BCUT2D eigenvalue weighted by atomic mass is 19.1. The fraction of sp³-hybridized carbons (Fsp3) is 0.500. The number of likely N-dealkylation sites (tertiary alicyclic amines) is 1. The Morgan fingerprint density at radius 1 is 1.52 bits per heavy atom. The van der Waals surface area contributed by atoms with Gasteiger partial charge in [0.05, 0.1) is 18.6 Å². The van der Waals surface area contributed by atoms with Crippen LogP contribution in [0.2, 0.25) is 0 Å². The third kappa shape index (κ3) is 3.79. The number of benzene rings is 1. The monoisotopic (exact) mass is 290 g/mol. The molecule has 1 aromatic rings. The van der Waals surface area contributed by atoms with Gasteiger partial charge in [-0.05, 0) is 44.0 Å². The Hall–Kier alpha value is -1.93. The maximum atomic E-state index is 13.0. The van der Waals surface area contributed by atoms with Gasteiger partial charge in [0.1, 0.15) is 11.9 Å². The van der Waals surface area contributed by atoms with Crippen LogP contribution >= 0.6 is 0 Å². The fourth-order valence-corrected chi connectivity index (χ4v) is 2.71. The zero-order valence-corrected chi connectivity index (χ0v) is 12.1. The van der Waals surface area contributed by atoms with Crippen molar-refractivity contribution in [2.24, 2.45) is 5.92 Å². The summed E-state index contributed by atoms with van der Waals surface area (Å²) in [7, 11) is 0. The fourth-order valence-electron chi connectivity index (χ4n) is 2.71. The minimum Gasteiger partial charge on any atom is -0.466 e. The van der Waals surface area contributed by atoms with Crippen molar-refractivity contribution in [3.63, 3.8) is 0 Å². The van der Waals surface area contributed by atoms with Gasteiger partial charge in [0.2, 0.25) is 0 Å². The highest BCUT2D eigenvalue weighted by Crippen LogP contribution is 2.27. The summed E-state index contributed by atoms with van der Waals surface area (Å²) in [6.07, 6.45) is 1.64. The van der Waals surface area contributed by atoms with Gasteiger partial charge in [-0.3, -0.25) is 9.69 Å². The Balaban J connectivity index is 2.09. The summed E-state index contributed by atoms with van der Waals surface area (Å²) in [5.74, 6) is -0.702. The van der Waals surface area contributed by atoms with E-state index in [2.05, 4.69) is 6.07 Å². The zero-order valence-electron chi connectivity index (χ0n) is 12.1. The molecule has 0 spiro atoms. The molecule has 1 aromatic carbocycles. The van der Waals surface area contributed by atoms with Crippen molar-refractivity contribution >= 4 is 5.97 Å². The van der Waals surface area contributed by atoms with E-state index in [9.17, 15) is 14.4 Å². The number of ether oxygens (including phenoxy) is 1. The van der Waals surface area contributed by atoms with E-state index in [0.717, 1.165) is 24.9 Å². The van der Waals surface area contributed by atoms with Gasteiger partial charge in [-0.15, -0.1) is 0 Å². The van der Waals surface area contributed by atoms with Crippen molar-refractivity contribution in [2.75, 3.05) is 19.7 Å². The third-order valence-electron chi connectivity index (χ3n) is 3.75. The Morgan fingerprint density at radius 2 is 2.24 bits per heavy atom. The number of rotatable bonds is 4. The van der Waals surface area contributed by atoms with E-state index in [0.29, 0.717) is 13.2 Å². The standard InChI is InChI=1S/C16H19FN2O2/c1-2-21-16(20)13-4-3-9-19(11-13)15(10-18)12-5-7-14(17)8-6-12/h5-8,13,15H,2-4,9,11H2,1H3. The second kappa shape index (κ2) is 7.19. The molecule has 0 aromatic heterocycles. The van der Waals surface area contributed by atoms with Crippen LogP contribution in [-0.2, 0) is 9.53 Å². The quantitative estimate of drug-likeness (QED) is 0.800. The maximum absolute atomic E-state index is 13.0. The largest absolute Gasteiger partial charge is 0.466 e. The second-order valence-electron chi connectivity index (χ2n) is 5.17. The van der Waals surface area contributed by atoms with Crippen LogP contribution in [0.3, 0.4) is 0 Å². The average molecular weight is 290 g/mol. The van der Waals surface area contributed by atoms with Crippen molar-refractivity contribution in [1.29, 1.82) is 5.26 Å². The number of nitriles is 1. The van der Waals surface area contributed by atoms with E-state index < -0.39 is 6.04 Å².